The van der Waals surface area contributed by atoms with Crippen molar-refractivity contribution in [3.63, 3.8) is 0 Å². The zero-order chi connectivity index (χ0) is 12.8. The summed E-state index contributed by atoms with van der Waals surface area (Å²) in [6.45, 7) is 6.75. The van der Waals surface area contributed by atoms with Crippen LogP contribution in [-0.2, 0) is 11.3 Å². The number of nitrogens with two attached hydrogens (primary N) is 1. The molecule has 17 heavy (non-hydrogen) atoms. The summed E-state index contributed by atoms with van der Waals surface area (Å²) in [6.07, 6.45) is 1.50. The second-order valence-corrected chi connectivity index (χ2v) is 4.61. The van der Waals surface area contributed by atoms with Crippen LogP contribution in [-0.4, -0.2) is 16.8 Å². The first-order valence-corrected chi connectivity index (χ1v) is 6.18. The van der Waals surface area contributed by atoms with Gasteiger partial charge in [0.15, 0.2) is 0 Å². The first kappa shape index (κ1) is 13.6. The summed E-state index contributed by atoms with van der Waals surface area (Å²) in [5.41, 5.74) is 7.57. The van der Waals surface area contributed by atoms with Gasteiger partial charge >= 0.3 is 0 Å². The molecule has 0 aliphatic heterocycles. The highest BCUT2D eigenvalue weighted by Gasteiger charge is 2.16. The summed E-state index contributed by atoms with van der Waals surface area (Å²) in [7, 11) is 0. The number of anilines is 1. The van der Waals surface area contributed by atoms with Crippen LogP contribution in [0.5, 0.6) is 0 Å². The Kier molecular flexibility index (Phi) is 5.01. The monoisotopic (exact) mass is 234 g/mol. The van der Waals surface area contributed by atoms with Gasteiger partial charge in [-0.25, -0.2) is 0 Å². The van der Waals surface area contributed by atoms with E-state index < -0.39 is 0 Å². The van der Waals surface area contributed by atoms with Crippen LogP contribution in [0.1, 0.15) is 39.2 Å². The molecule has 0 heterocycles. The van der Waals surface area contributed by atoms with E-state index in [-0.39, 0.29) is 11.9 Å². The third-order valence-corrected chi connectivity index (χ3v) is 2.71. The minimum atomic E-state index is 0.213. The van der Waals surface area contributed by atoms with Crippen LogP contribution in [0.3, 0.4) is 0 Å². The summed E-state index contributed by atoms with van der Waals surface area (Å²) in [4.78, 5) is 13.9. The average Bonchev–Trinajstić information content (AvgIpc) is 2.26. The SMILES string of the molecule is CCCC(=O)N(Cc1cccc(N)c1)C(C)C. The maximum Gasteiger partial charge on any atom is 0.223 e. The van der Waals surface area contributed by atoms with E-state index in [1.54, 1.807) is 0 Å². The van der Waals surface area contributed by atoms with Gasteiger partial charge in [0, 0.05) is 24.7 Å². The van der Waals surface area contributed by atoms with Crippen molar-refractivity contribution in [2.24, 2.45) is 0 Å². The Morgan fingerprint density at radius 1 is 1.41 bits per heavy atom. The van der Waals surface area contributed by atoms with Gasteiger partial charge in [0.05, 0.1) is 0 Å². The molecule has 0 saturated heterocycles. The van der Waals surface area contributed by atoms with Crippen molar-refractivity contribution in [1.82, 2.24) is 4.90 Å². The van der Waals surface area contributed by atoms with E-state index in [2.05, 4.69) is 0 Å². The number of amides is 1. The van der Waals surface area contributed by atoms with Gasteiger partial charge in [-0.2, -0.15) is 0 Å². The summed E-state index contributed by atoms with van der Waals surface area (Å²) in [5.74, 6) is 0.213. The van der Waals surface area contributed by atoms with Gasteiger partial charge in [-0.1, -0.05) is 19.1 Å². The Morgan fingerprint density at radius 3 is 2.65 bits per heavy atom. The molecule has 0 radical (unpaired) electrons. The Morgan fingerprint density at radius 2 is 2.12 bits per heavy atom. The Balaban J connectivity index is 2.76. The standard InChI is InChI=1S/C14H22N2O/c1-4-6-14(17)16(11(2)3)10-12-7-5-8-13(15)9-12/h5,7-9,11H,4,6,10,15H2,1-3H3. The highest BCUT2D eigenvalue weighted by atomic mass is 16.2. The van der Waals surface area contributed by atoms with E-state index in [1.165, 1.54) is 0 Å². The van der Waals surface area contributed by atoms with E-state index in [1.807, 2.05) is 49.9 Å². The molecule has 0 aliphatic carbocycles. The van der Waals surface area contributed by atoms with Gasteiger partial charge in [-0.05, 0) is 38.0 Å². The second kappa shape index (κ2) is 6.28. The quantitative estimate of drug-likeness (QED) is 0.796. The van der Waals surface area contributed by atoms with Gasteiger partial charge in [0.1, 0.15) is 0 Å². The van der Waals surface area contributed by atoms with Gasteiger partial charge in [-0.3, -0.25) is 4.79 Å². The Labute approximate surface area is 104 Å². The first-order chi connectivity index (χ1) is 8.04. The predicted octanol–water partition coefficient (Wildman–Crippen LogP) is 2.81. The van der Waals surface area contributed by atoms with Crippen molar-refractivity contribution in [3.05, 3.63) is 29.8 Å². The summed E-state index contributed by atoms with van der Waals surface area (Å²) in [6, 6.07) is 7.93. The van der Waals surface area contributed by atoms with E-state index in [0.29, 0.717) is 13.0 Å². The van der Waals surface area contributed by atoms with Crippen LogP contribution in [0.25, 0.3) is 0 Å². The second-order valence-electron chi connectivity index (χ2n) is 4.61. The van der Waals surface area contributed by atoms with Gasteiger partial charge in [0.2, 0.25) is 5.91 Å². The zero-order valence-corrected chi connectivity index (χ0v) is 10.9. The summed E-state index contributed by atoms with van der Waals surface area (Å²) >= 11 is 0. The fraction of sp³-hybridized carbons (Fsp3) is 0.500. The van der Waals surface area contributed by atoms with Crippen LogP contribution in [0.4, 0.5) is 5.69 Å². The van der Waals surface area contributed by atoms with Crippen molar-refractivity contribution in [1.29, 1.82) is 0 Å². The number of rotatable bonds is 5. The average molecular weight is 234 g/mol. The molecule has 94 valence electrons. The lowest BCUT2D eigenvalue weighted by atomic mass is 10.1. The van der Waals surface area contributed by atoms with Crippen LogP contribution in [0.2, 0.25) is 0 Å². The fourth-order valence-corrected chi connectivity index (χ4v) is 1.80. The third-order valence-electron chi connectivity index (χ3n) is 2.71. The zero-order valence-electron chi connectivity index (χ0n) is 10.9. The molecule has 0 unspecified atom stereocenters. The van der Waals surface area contributed by atoms with Gasteiger partial charge < -0.3 is 10.6 Å². The highest BCUT2D eigenvalue weighted by molar-refractivity contribution is 5.76. The molecule has 0 aromatic heterocycles. The molecule has 3 heteroatoms. The lowest BCUT2D eigenvalue weighted by Gasteiger charge is -2.27. The number of carbonyl (C=O) groups excluding carboxylic acids is 1. The molecule has 1 aromatic carbocycles. The maximum atomic E-state index is 12.0. The third kappa shape index (κ3) is 4.10. The molecule has 2 N–H and O–H groups in total. The Hall–Kier alpha value is -1.51. The van der Waals surface area contributed by atoms with Gasteiger partial charge in [-0.15, -0.1) is 0 Å². The molecule has 1 aromatic rings. The Bertz CT molecular complexity index is 374. The number of nitrogens with zero attached hydrogens (tertiary/aromatic N) is 1. The minimum Gasteiger partial charge on any atom is -0.399 e. The van der Waals surface area contributed by atoms with Crippen LogP contribution in [0.15, 0.2) is 24.3 Å². The normalized spacial score (nSPS) is 10.6. The van der Waals surface area contributed by atoms with Crippen molar-refractivity contribution < 1.29 is 4.79 Å². The van der Waals surface area contributed by atoms with Crippen molar-refractivity contribution in [2.45, 2.75) is 46.2 Å². The number of hydrogen-bond acceptors (Lipinski definition) is 2. The molecule has 0 spiro atoms. The predicted molar refractivity (Wildman–Crippen MR) is 71.4 cm³/mol. The maximum absolute atomic E-state index is 12.0. The summed E-state index contributed by atoms with van der Waals surface area (Å²) < 4.78 is 0. The van der Waals surface area contributed by atoms with E-state index >= 15 is 0 Å². The molecule has 0 bridgehead atoms. The number of benzene rings is 1. The fourth-order valence-electron chi connectivity index (χ4n) is 1.80. The lowest BCUT2D eigenvalue weighted by Crippen LogP contribution is -2.36. The molecular formula is C14H22N2O. The number of hydrogen-bond donors (Lipinski definition) is 1. The number of carbonyl (C=O) groups is 1. The first-order valence-electron chi connectivity index (χ1n) is 6.18. The number of nitrogen functional groups attached to an aromatic ring is 1. The molecular weight excluding hydrogens is 212 g/mol. The van der Waals surface area contributed by atoms with Crippen LogP contribution >= 0.6 is 0 Å². The van der Waals surface area contributed by atoms with E-state index in [4.69, 9.17) is 5.73 Å². The van der Waals surface area contributed by atoms with Crippen LogP contribution in [0, 0.1) is 0 Å². The molecule has 0 aliphatic rings. The van der Waals surface area contributed by atoms with Crippen molar-refractivity contribution in [3.8, 4) is 0 Å². The minimum absolute atomic E-state index is 0.213. The summed E-state index contributed by atoms with van der Waals surface area (Å²) in [5, 5.41) is 0. The topological polar surface area (TPSA) is 46.3 Å². The van der Waals surface area contributed by atoms with Crippen molar-refractivity contribution in [2.75, 3.05) is 5.73 Å². The molecule has 0 atom stereocenters. The molecule has 0 saturated carbocycles. The molecule has 3 nitrogen and oxygen atoms in total. The molecule has 1 amide bonds. The smallest absolute Gasteiger partial charge is 0.223 e. The lowest BCUT2D eigenvalue weighted by molar-refractivity contribution is -0.133. The van der Waals surface area contributed by atoms with Crippen molar-refractivity contribution >= 4 is 11.6 Å². The molecule has 0 fully saturated rings. The van der Waals surface area contributed by atoms with Gasteiger partial charge in [0.25, 0.3) is 0 Å². The molecule has 1 rings (SSSR count). The van der Waals surface area contributed by atoms with E-state index in [9.17, 15) is 4.79 Å². The largest absolute Gasteiger partial charge is 0.399 e. The van der Waals surface area contributed by atoms with E-state index in [0.717, 1.165) is 17.7 Å². The van der Waals surface area contributed by atoms with Crippen LogP contribution < -0.4 is 5.73 Å². The highest BCUT2D eigenvalue weighted by Crippen LogP contribution is 2.13.